The fourth-order valence-electron chi connectivity index (χ4n) is 1.88. The molecule has 0 aromatic heterocycles. The van der Waals surface area contributed by atoms with E-state index in [4.69, 9.17) is 33.7 Å². The van der Waals surface area contributed by atoms with Crippen molar-refractivity contribution in [3.63, 3.8) is 0 Å². The normalized spacial score (nSPS) is 10.5. The number of ether oxygens (including phenoxy) is 1. The number of carbonyl (C=O) groups is 1. The van der Waals surface area contributed by atoms with Crippen LogP contribution in [0.1, 0.15) is 22.8 Å². The minimum absolute atomic E-state index is 0.179. The first-order chi connectivity index (χ1) is 9.93. The molecule has 2 aromatic carbocycles. The third kappa shape index (κ3) is 3.51. The number of halogens is 3. The Bertz CT molecular complexity index is 704. The maximum absolute atomic E-state index is 12.7. The average molecular weight is 389 g/mol. The molecule has 0 spiro atoms. The highest BCUT2D eigenvalue weighted by molar-refractivity contribution is 9.10. The van der Waals surface area contributed by atoms with Gasteiger partial charge in [0.1, 0.15) is 5.75 Å². The van der Waals surface area contributed by atoms with Gasteiger partial charge < -0.3 is 10.5 Å². The lowest BCUT2D eigenvalue weighted by molar-refractivity contribution is 0.103. The van der Waals surface area contributed by atoms with E-state index in [0.717, 1.165) is 4.47 Å². The van der Waals surface area contributed by atoms with Crippen LogP contribution in [0.15, 0.2) is 34.8 Å². The van der Waals surface area contributed by atoms with Crippen molar-refractivity contribution in [2.45, 2.75) is 6.92 Å². The molecule has 2 aromatic rings. The monoisotopic (exact) mass is 387 g/mol. The number of nitrogen functional groups attached to an aromatic ring is 1. The summed E-state index contributed by atoms with van der Waals surface area (Å²) in [5.41, 5.74) is 6.76. The van der Waals surface area contributed by atoms with Crippen LogP contribution in [0.3, 0.4) is 0 Å². The van der Waals surface area contributed by atoms with Gasteiger partial charge in [0.2, 0.25) is 0 Å². The van der Waals surface area contributed by atoms with E-state index in [1.165, 1.54) is 12.1 Å². The molecular formula is C15H12BrCl2NO2. The molecule has 0 amide bonds. The van der Waals surface area contributed by atoms with Crippen LogP contribution < -0.4 is 10.5 Å². The molecular weight excluding hydrogens is 377 g/mol. The molecule has 21 heavy (non-hydrogen) atoms. The zero-order chi connectivity index (χ0) is 15.6. The molecule has 0 fully saturated rings. The van der Waals surface area contributed by atoms with Crippen LogP contribution in [0.5, 0.6) is 5.75 Å². The molecule has 0 atom stereocenters. The van der Waals surface area contributed by atoms with Crippen LogP contribution in [0.25, 0.3) is 0 Å². The van der Waals surface area contributed by atoms with Crippen molar-refractivity contribution >= 4 is 50.6 Å². The number of anilines is 1. The van der Waals surface area contributed by atoms with Crippen molar-refractivity contribution in [1.29, 1.82) is 0 Å². The highest BCUT2D eigenvalue weighted by atomic mass is 79.9. The van der Waals surface area contributed by atoms with Gasteiger partial charge in [-0.05, 0) is 37.3 Å². The average Bonchev–Trinajstić information content (AvgIpc) is 2.44. The van der Waals surface area contributed by atoms with Crippen LogP contribution in [-0.2, 0) is 0 Å². The summed E-state index contributed by atoms with van der Waals surface area (Å²) in [7, 11) is 0. The lowest BCUT2D eigenvalue weighted by Crippen LogP contribution is -2.07. The Hall–Kier alpha value is -1.23. The maximum atomic E-state index is 12.7. The second kappa shape index (κ2) is 6.69. The molecule has 3 nitrogen and oxygen atoms in total. The standard InChI is InChI=1S/C15H12BrCl2NO2/c1-2-21-13-4-3-8(16)5-10(13)15(20)11-6-9(19)7-12(17)14(11)18/h3-7H,2,19H2,1H3. The van der Waals surface area contributed by atoms with Crippen LogP contribution in [0.4, 0.5) is 5.69 Å². The highest BCUT2D eigenvalue weighted by Crippen LogP contribution is 2.33. The van der Waals surface area contributed by atoms with Crippen molar-refractivity contribution in [1.82, 2.24) is 0 Å². The Balaban J connectivity index is 2.57. The minimum atomic E-state index is -0.293. The summed E-state index contributed by atoms with van der Waals surface area (Å²) in [5, 5.41) is 0.422. The Labute approximate surface area is 141 Å². The fourth-order valence-corrected chi connectivity index (χ4v) is 2.67. The third-order valence-corrected chi connectivity index (χ3v) is 4.08. The van der Waals surface area contributed by atoms with Gasteiger partial charge in [-0.2, -0.15) is 0 Å². The quantitative estimate of drug-likeness (QED) is 0.594. The van der Waals surface area contributed by atoms with Crippen molar-refractivity contribution in [2.75, 3.05) is 12.3 Å². The Morgan fingerprint density at radius 3 is 2.62 bits per heavy atom. The van der Waals surface area contributed by atoms with Crippen LogP contribution in [0, 0.1) is 0 Å². The van der Waals surface area contributed by atoms with E-state index in [1.807, 2.05) is 6.92 Å². The number of hydrogen-bond acceptors (Lipinski definition) is 3. The second-order valence-electron chi connectivity index (χ2n) is 4.27. The predicted octanol–water partition coefficient (Wildman–Crippen LogP) is 4.97. The molecule has 0 aliphatic carbocycles. The van der Waals surface area contributed by atoms with Crippen molar-refractivity contribution in [3.8, 4) is 5.75 Å². The smallest absolute Gasteiger partial charge is 0.198 e. The van der Waals surface area contributed by atoms with Gasteiger partial charge in [0.15, 0.2) is 5.78 Å². The number of ketones is 1. The summed E-state index contributed by atoms with van der Waals surface area (Å²) in [5.74, 6) is 0.194. The molecule has 0 bridgehead atoms. The molecule has 0 heterocycles. The van der Waals surface area contributed by atoms with E-state index < -0.39 is 0 Å². The highest BCUT2D eigenvalue weighted by Gasteiger charge is 2.20. The van der Waals surface area contributed by atoms with Crippen molar-refractivity contribution < 1.29 is 9.53 Å². The van der Waals surface area contributed by atoms with Crippen molar-refractivity contribution in [3.05, 3.63) is 56.0 Å². The van der Waals surface area contributed by atoms with Gasteiger partial charge in [0, 0.05) is 15.7 Å². The van der Waals surface area contributed by atoms with Gasteiger partial charge in [-0.15, -0.1) is 0 Å². The van der Waals surface area contributed by atoms with Crippen LogP contribution in [0.2, 0.25) is 10.0 Å². The van der Waals surface area contributed by atoms with Crippen LogP contribution >= 0.6 is 39.1 Å². The number of rotatable bonds is 4. The first-order valence-corrected chi connectivity index (χ1v) is 7.70. The lowest BCUT2D eigenvalue weighted by atomic mass is 10.0. The van der Waals surface area contributed by atoms with E-state index in [-0.39, 0.29) is 21.4 Å². The number of benzene rings is 2. The number of hydrogen-bond donors (Lipinski definition) is 1. The molecule has 0 radical (unpaired) electrons. The molecule has 0 saturated carbocycles. The van der Waals surface area contributed by atoms with E-state index in [9.17, 15) is 4.79 Å². The van der Waals surface area contributed by atoms with Gasteiger partial charge in [0.25, 0.3) is 0 Å². The van der Waals surface area contributed by atoms with Gasteiger partial charge in [-0.25, -0.2) is 0 Å². The second-order valence-corrected chi connectivity index (χ2v) is 5.97. The predicted molar refractivity (Wildman–Crippen MR) is 89.6 cm³/mol. The van der Waals surface area contributed by atoms with E-state index in [0.29, 0.717) is 23.6 Å². The van der Waals surface area contributed by atoms with E-state index in [2.05, 4.69) is 15.9 Å². The first kappa shape index (κ1) is 16.1. The summed E-state index contributed by atoms with van der Waals surface area (Å²) in [4.78, 5) is 12.7. The van der Waals surface area contributed by atoms with E-state index >= 15 is 0 Å². The molecule has 2 N–H and O–H groups in total. The molecule has 0 unspecified atom stereocenters. The molecule has 0 aliphatic rings. The summed E-state index contributed by atoms with van der Waals surface area (Å²) in [6, 6.07) is 8.22. The van der Waals surface area contributed by atoms with Gasteiger partial charge in [0.05, 0.1) is 22.2 Å². The Morgan fingerprint density at radius 2 is 1.95 bits per heavy atom. The van der Waals surface area contributed by atoms with Gasteiger partial charge in [-0.1, -0.05) is 39.1 Å². The first-order valence-electron chi connectivity index (χ1n) is 6.15. The lowest BCUT2D eigenvalue weighted by Gasteiger charge is -2.12. The summed E-state index contributed by atoms with van der Waals surface area (Å²) in [6.45, 7) is 2.30. The van der Waals surface area contributed by atoms with E-state index in [1.54, 1.807) is 18.2 Å². The number of carbonyl (C=O) groups excluding carboxylic acids is 1. The largest absolute Gasteiger partial charge is 0.493 e. The number of nitrogens with two attached hydrogens (primary N) is 1. The Morgan fingerprint density at radius 1 is 1.24 bits per heavy atom. The SMILES string of the molecule is CCOc1ccc(Br)cc1C(=O)c1cc(N)cc(Cl)c1Cl. The van der Waals surface area contributed by atoms with Gasteiger partial charge >= 0.3 is 0 Å². The van der Waals surface area contributed by atoms with Gasteiger partial charge in [-0.3, -0.25) is 4.79 Å². The molecule has 2 rings (SSSR count). The van der Waals surface area contributed by atoms with Crippen LogP contribution in [-0.4, -0.2) is 12.4 Å². The molecule has 0 aliphatic heterocycles. The fraction of sp³-hybridized carbons (Fsp3) is 0.133. The summed E-state index contributed by atoms with van der Waals surface area (Å²) in [6.07, 6.45) is 0. The zero-order valence-corrected chi connectivity index (χ0v) is 14.2. The summed E-state index contributed by atoms with van der Waals surface area (Å²) < 4.78 is 6.25. The molecule has 6 heteroatoms. The van der Waals surface area contributed by atoms with Crippen molar-refractivity contribution in [2.24, 2.45) is 0 Å². The Kier molecular flexibility index (Phi) is 5.14. The topological polar surface area (TPSA) is 52.3 Å². The molecule has 110 valence electrons. The third-order valence-electron chi connectivity index (χ3n) is 2.78. The summed E-state index contributed by atoms with van der Waals surface area (Å²) >= 11 is 15.4. The minimum Gasteiger partial charge on any atom is -0.493 e. The maximum Gasteiger partial charge on any atom is 0.198 e. The zero-order valence-electron chi connectivity index (χ0n) is 11.1. The molecule has 0 saturated heterocycles.